The fourth-order valence-electron chi connectivity index (χ4n) is 2.18. The first-order valence-corrected chi connectivity index (χ1v) is 9.93. The van der Waals surface area contributed by atoms with Crippen molar-refractivity contribution in [2.24, 2.45) is 0 Å². The van der Waals surface area contributed by atoms with Crippen LogP contribution in [0.3, 0.4) is 0 Å². The van der Waals surface area contributed by atoms with Crippen LogP contribution < -0.4 is 4.90 Å². The van der Waals surface area contributed by atoms with E-state index in [9.17, 15) is 22.0 Å². The Morgan fingerprint density at radius 1 is 1.12 bits per heavy atom. The highest BCUT2D eigenvalue weighted by atomic mass is 32.2. The Bertz CT molecular complexity index is 669. The van der Waals surface area contributed by atoms with Crippen LogP contribution in [0.25, 0.3) is 0 Å². The Morgan fingerprint density at radius 2 is 1.62 bits per heavy atom. The number of benzene rings is 1. The first-order valence-electron chi connectivity index (χ1n) is 8.49. The Balaban J connectivity index is 2.76. The van der Waals surface area contributed by atoms with E-state index in [0.29, 0.717) is 0 Å². The van der Waals surface area contributed by atoms with Crippen LogP contribution in [-0.4, -0.2) is 43.9 Å². The third kappa shape index (κ3) is 6.53. The summed E-state index contributed by atoms with van der Waals surface area (Å²) in [4.78, 5) is 14.0. The minimum absolute atomic E-state index is 0.0193. The van der Waals surface area contributed by atoms with Crippen LogP contribution in [0.1, 0.15) is 49.9 Å². The highest BCUT2D eigenvalue weighted by Crippen LogP contribution is 2.22. The molecule has 0 aromatic heterocycles. The second-order valence-electron chi connectivity index (χ2n) is 5.93. The van der Waals surface area contributed by atoms with E-state index >= 15 is 0 Å². The number of alkyl halides is 2. The van der Waals surface area contributed by atoms with Crippen LogP contribution in [0.15, 0.2) is 24.3 Å². The van der Waals surface area contributed by atoms with Crippen LogP contribution in [0.4, 0.5) is 14.5 Å². The largest absolute Gasteiger partial charge is 0.454 e. The minimum Gasteiger partial charge on any atom is -0.454 e. The zero-order chi connectivity index (χ0) is 19.8. The van der Waals surface area contributed by atoms with E-state index in [4.69, 9.17) is 4.55 Å². The van der Waals surface area contributed by atoms with Crippen molar-refractivity contribution in [3.63, 3.8) is 0 Å². The molecular weight excluding hydrogens is 368 g/mol. The zero-order valence-corrected chi connectivity index (χ0v) is 15.8. The van der Waals surface area contributed by atoms with Crippen LogP contribution in [0.5, 0.6) is 0 Å². The van der Waals surface area contributed by atoms with Gasteiger partial charge in [0.2, 0.25) is 0 Å². The van der Waals surface area contributed by atoms with E-state index in [1.54, 1.807) is 12.1 Å². The van der Waals surface area contributed by atoms with Gasteiger partial charge in [0.05, 0.1) is 5.56 Å². The maximum absolute atomic E-state index is 13.1. The van der Waals surface area contributed by atoms with Gasteiger partial charge in [-0.2, -0.15) is 17.2 Å². The first-order chi connectivity index (χ1) is 12.1. The maximum atomic E-state index is 13.1. The average molecular weight is 393 g/mol. The van der Waals surface area contributed by atoms with Gasteiger partial charge in [0.25, 0.3) is 0 Å². The molecule has 1 rings (SSSR count). The first kappa shape index (κ1) is 22.3. The molecule has 0 heterocycles. The lowest BCUT2D eigenvalue weighted by atomic mass is 10.1. The number of nitrogens with zero attached hydrogens (tertiary/aromatic N) is 1. The SMILES string of the molecule is CCCCN(CCCC)c1ccc(C(=O)OCC(F)(F)S(=O)(=O)O)cc1. The van der Waals surface area contributed by atoms with E-state index in [1.165, 1.54) is 12.1 Å². The number of ether oxygens (including phenoxy) is 1. The maximum Gasteiger partial charge on any atom is 0.402 e. The number of carbonyl (C=O) groups excluding carboxylic acids is 1. The van der Waals surface area contributed by atoms with Crippen molar-refractivity contribution in [3.05, 3.63) is 29.8 Å². The van der Waals surface area contributed by atoms with Gasteiger partial charge in [-0.05, 0) is 37.1 Å². The quantitative estimate of drug-likeness (QED) is 0.456. The molecule has 0 bridgehead atoms. The summed E-state index contributed by atoms with van der Waals surface area (Å²) < 4.78 is 59.9. The molecule has 0 aliphatic rings. The summed E-state index contributed by atoms with van der Waals surface area (Å²) in [6.07, 6.45) is 4.15. The number of carbonyl (C=O) groups is 1. The number of rotatable bonds is 11. The molecule has 148 valence electrons. The lowest BCUT2D eigenvalue weighted by Crippen LogP contribution is -2.34. The Hall–Kier alpha value is -1.74. The Labute approximate surface area is 152 Å². The second-order valence-corrected chi connectivity index (χ2v) is 7.48. The minimum atomic E-state index is -5.63. The number of halogens is 2. The summed E-state index contributed by atoms with van der Waals surface area (Å²) in [6, 6.07) is 6.27. The van der Waals surface area contributed by atoms with Gasteiger partial charge in [-0.15, -0.1) is 0 Å². The third-order valence-electron chi connectivity index (χ3n) is 3.78. The summed E-state index contributed by atoms with van der Waals surface area (Å²) in [6.45, 7) is 4.20. The summed E-state index contributed by atoms with van der Waals surface area (Å²) in [5.74, 6) is -1.09. The van der Waals surface area contributed by atoms with Crippen LogP contribution in [0.2, 0.25) is 0 Å². The number of esters is 1. The number of hydrogen-bond acceptors (Lipinski definition) is 5. The summed E-state index contributed by atoms with van der Waals surface area (Å²) in [7, 11) is -5.63. The van der Waals surface area contributed by atoms with Gasteiger partial charge in [-0.3, -0.25) is 4.55 Å². The van der Waals surface area contributed by atoms with Gasteiger partial charge in [0.1, 0.15) is 0 Å². The molecule has 0 radical (unpaired) electrons. The third-order valence-corrected chi connectivity index (χ3v) is 4.65. The molecule has 26 heavy (non-hydrogen) atoms. The van der Waals surface area contributed by atoms with E-state index < -0.39 is 27.9 Å². The Morgan fingerprint density at radius 3 is 2.04 bits per heavy atom. The molecule has 0 saturated carbocycles. The lowest BCUT2D eigenvalue weighted by Gasteiger charge is -2.24. The molecule has 1 aromatic carbocycles. The lowest BCUT2D eigenvalue weighted by molar-refractivity contribution is -0.00950. The summed E-state index contributed by atoms with van der Waals surface area (Å²) in [5.41, 5.74) is 0.928. The van der Waals surface area contributed by atoms with Crippen LogP contribution in [-0.2, 0) is 14.9 Å². The molecule has 0 fully saturated rings. The van der Waals surface area contributed by atoms with Crippen molar-refractivity contribution >= 4 is 21.8 Å². The second kappa shape index (κ2) is 9.82. The summed E-state index contributed by atoms with van der Waals surface area (Å²) in [5, 5.41) is -4.54. The molecule has 0 amide bonds. The predicted molar refractivity (Wildman–Crippen MR) is 95.2 cm³/mol. The van der Waals surface area contributed by atoms with Gasteiger partial charge in [0, 0.05) is 18.8 Å². The molecule has 9 heteroatoms. The van der Waals surface area contributed by atoms with E-state index in [-0.39, 0.29) is 5.56 Å². The van der Waals surface area contributed by atoms with Crippen molar-refractivity contribution in [3.8, 4) is 0 Å². The number of hydrogen-bond donors (Lipinski definition) is 1. The Kier molecular flexibility index (Phi) is 8.42. The average Bonchev–Trinajstić information content (AvgIpc) is 2.59. The zero-order valence-electron chi connectivity index (χ0n) is 15.0. The van der Waals surface area contributed by atoms with Crippen molar-refractivity contribution in [2.75, 3.05) is 24.6 Å². The molecule has 0 saturated heterocycles. The van der Waals surface area contributed by atoms with Crippen LogP contribution in [0, 0.1) is 0 Å². The van der Waals surface area contributed by atoms with Crippen molar-refractivity contribution in [1.82, 2.24) is 0 Å². The summed E-state index contributed by atoms with van der Waals surface area (Å²) >= 11 is 0. The molecule has 0 atom stereocenters. The van der Waals surface area contributed by atoms with Crippen molar-refractivity contribution < 1.29 is 31.3 Å². The van der Waals surface area contributed by atoms with Gasteiger partial charge < -0.3 is 9.64 Å². The van der Waals surface area contributed by atoms with Crippen molar-refractivity contribution in [2.45, 2.75) is 44.8 Å². The molecule has 0 aliphatic carbocycles. The standard InChI is InChI=1S/C17H25F2NO5S/c1-3-5-11-20(12-6-4-2)15-9-7-14(8-10-15)16(21)25-13-17(18,19)26(22,23)24/h7-10H,3-6,11-13H2,1-2H3,(H,22,23,24). The fraction of sp³-hybridized carbons (Fsp3) is 0.588. The molecular formula is C17H25F2NO5S. The topological polar surface area (TPSA) is 83.9 Å². The molecule has 6 nitrogen and oxygen atoms in total. The van der Waals surface area contributed by atoms with Gasteiger partial charge in [0.15, 0.2) is 6.61 Å². The normalized spacial score (nSPS) is 12.0. The van der Waals surface area contributed by atoms with E-state index in [1.807, 2.05) is 0 Å². The number of anilines is 1. The van der Waals surface area contributed by atoms with Gasteiger partial charge in [-0.1, -0.05) is 26.7 Å². The molecule has 0 spiro atoms. The van der Waals surface area contributed by atoms with Gasteiger partial charge >= 0.3 is 21.3 Å². The molecule has 1 aromatic rings. The highest BCUT2D eigenvalue weighted by molar-refractivity contribution is 7.86. The van der Waals surface area contributed by atoms with Gasteiger partial charge in [-0.25, -0.2) is 4.79 Å². The van der Waals surface area contributed by atoms with Crippen LogP contribution >= 0.6 is 0 Å². The van der Waals surface area contributed by atoms with E-state index in [2.05, 4.69) is 23.5 Å². The molecule has 0 unspecified atom stereocenters. The van der Waals surface area contributed by atoms with Crippen molar-refractivity contribution in [1.29, 1.82) is 0 Å². The smallest absolute Gasteiger partial charge is 0.402 e. The molecule has 1 N–H and O–H groups in total. The predicted octanol–water partition coefficient (Wildman–Crippen LogP) is 3.73. The van der Waals surface area contributed by atoms with E-state index in [0.717, 1.165) is 44.5 Å². The highest BCUT2D eigenvalue weighted by Gasteiger charge is 2.45. The number of unbranched alkanes of at least 4 members (excludes halogenated alkanes) is 2. The fourth-order valence-corrected chi connectivity index (χ4v) is 2.39. The molecule has 0 aliphatic heterocycles. The monoisotopic (exact) mass is 393 g/mol.